The van der Waals surface area contributed by atoms with E-state index in [-0.39, 0.29) is 15.8 Å². The van der Waals surface area contributed by atoms with Crippen molar-refractivity contribution in [1.29, 1.82) is 5.26 Å². The van der Waals surface area contributed by atoms with E-state index in [0.29, 0.717) is 16.3 Å². The van der Waals surface area contributed by atoms with Crippen LogP contribution in [0.3, 0.4) is 0 Å². The van der Waals surface area contributed by atoms with E-state index in [1.54, 1.807) is 6.07 Å². The second-order valence-electron chi connectivity index (χ2n) is 4.33. The number of nitrogens with one attached hydrogen (secondary N) is 1. The Labute approximate surface area is 128 Å². The lowest BCUT2D eigenvalue weighted by atomic mass is 10.2. The topological polar surface area (TPSA) is 44.5 Å². The van der Waals surface area contributed by atoms with Gasteiger partial charge in [-0.1, -0.05) is 11.6 Å². The van der Waals surface area contributed by atoms with Gasteiger partial charge >= 0.3 is 0 Å². The number of fused-ring (bicyclic) bond motifs is 1. The van der Waals surface area contributed by atoms with Crippen LogP contribution in [0.5, 0.6) is 0 Å². The van der Waals surface area contributed by atoms with E-state index in [0.717, 1.165) is 12.1 Å². The molecule has 3 aromatic rings. The molecule has 1 aromatic heterocycles. The Morgan fingerprint density at radius 1 is 1.24 bits per heavy atom. The second kappa shape index (κ2) is 4.95. The lowest BCUT2D eigenvalue weighted by molar-refractivity contribution is 0.590. The third kappa shape index (κ3) is 2.20. The van der Waals surface area contributed by atoms with Gasteiger partial charge in [0.1, 0.15) is 11.3 Å². The average Bonchev–Trinajstić information content (AvgIpc) is 2.76. The zero-order valence-electron chi connectivity index (χ0n) is 10.3. The van der Waals surface area contributed by atoms with Crippen LogP contribution in [0.25, 0.3) is 16.7 Å². The lowest BCUT2D eigenvalue weighted by Crippen LogP contribution is -1.96. The quantitative estimate of drug-likeness (QED) is 0.671. The average molecular weight is 322 g/mol. The van der Waals surface area contributed by atoms with E-state index in [1.165, 1.54) is 16.7 Å². The standard InChI is InChI=1S/C14H6ClF2N3S/c15-9-2-1-7(6-18)3-11(9)20-12-5-8(16)4-10(17)13(12)19-14(20)21/h1-5H,(H,19,21). The molecule has 3 nitrogen and oxygen atoms in total. The molecule has 21 heavy (non-hydrogen) atoms. The van der Waals surface area contributed by atoms with E-state index < -0.39 is 11.6 Å². The predicted molar refractivity (Wildman–Crippen MR) is 78.1 cm³/mol. The van der Waals surface area contributed by atoms with Crippen molar-refractivity contribution >= 4 is 34.9 Å². The van der Waals surface area contributed by atoms with Crippen molar-refractivity contribution in [3.05, 3.63) is 57.3 Å². The van der Waals surface area contributed by atoms with Crippen LogP contribution >= 0.6 is 23.8 Å². The minimum atomic E-state index is -0.748. The van der Waals surface area contributed by atoms with Crippen molar-refractivity contribution in [2.75, 3.05) is 0 Å². The maximum absolute atomic E-state index is 13.8. The molecule has 3 rings (SSSR count). The molecular weight excluding hydrogens is 316 g/mol. The highest BCUT2D eigenvalue weighted by atomic mass is 35.5. The SMILES string of the molecule is N#Cc1ccc(Cl)c(-n2c(=S)[nH]c3c(F)cc(F)cc32)c1. The van der Waals surface area contributed by atoms with Gasteiger partial charge in [-0.2, -0.15) is 5.26 Å². The summed E-state index contributed by atoms with van der Waals surface area (Å²) >= 11 is 11.3. The van der Waals surface area contributed by atoms with Gasteiger partial charge in [-0.25, -0.2) is 8.78 Å². The first-order chi connectivity index (χ1) is 10.0. The van der Waals surface area contributed by atoms with E-state index in [9.17, 15) is 8.78 Å². The molecule has 0 aliphatic heterocycles. The second-order valence-corrected chi connectivity index (χ2v) is 5.12. The summed E-state index contributed by atoms with van der Waals surface area (Å²) in [5.41, 5.74) is 1.05. The van der Waals surface area contributed by atoms with Gasteiger partial charge in [0, 0.05) is 12.1 Å². The number of rotatable bonds is 1. The van der Waals surface area contributed by atoms with E-state index >= 15 is 0 Å². The van der Waals surface area contributed by atoms with Gasteiger partial charge in [0.15, 0.2) is 10.6 Å². The first-order valence-electron chi connectivity index (χ1n) is 5.81. The summed E-state index contributed by atoms with van der Waals surface area (Å²) in [7, 11) is 0. The summed E-state index contributed by atoms with van der Waals surface area (Å²) < 4.78 is 28.8. The number of halogens is 3. The number of H-pyrrole nitrogens is 1. The van der Waals surface area contributed by atoms with Crippen LogP contribution < -0.4 is 0 Å². The Morgan fingerprint density at radius 2 is 2.00 bits per heavy atom. The predicted octanol–water partition coefficient (Wildman–Crippen LogP) is 4.49. The monoisotopic (exact) mass is 321 g/mol. The van der Waals surface area contributed by atoms with Crippen molar-refractivity contribution in [2.45, 2.75) is 0 Å². The Hall–Kier alpha value is -2.23. The van der Waals surface area contributed by atoms with Gasteiger partial charge in [0.25, 0.3) is 0 Å². The molecule has 7 heteroatoms. The van der Waals surface area contributed by atoms with Gasteiger partial charge in [-0.15, -0.1) is 0 Å². The highest BCUT2D eigenvalue weighted by Crippen LogP contribution is 2.28. The molecular formula is C14H6ClF2N3S. The molecule has 0 saturated heterocycles. The van der Waals surface area contributed by atoms with Crippen LogP contribution in [-0.4, -0.2) is 9.55 Å². The van der Waals surface area contributed by atoms with Crippen LogP contribution in [0.4, 0.5) is 8.78 Å². The molecule has 1 heterocycles. The van der Waals surface area contributed by atoms with E-state index in [4.69, 9.17) is 29.1 Å². The fourth-order valence-electron chi connectivity index (χ4n) is 2.13. The summed E-state index contributed by atoms with van der Waals surface area (Å²) in [4.78, 5) is 2.68. The summed E-state index contributed by atoms with van der Waals surface area (Å²) in [5.74, 6) is -1.47. The molecule has 1 N–H and O–H groups in total. The molecule has 2 aromatic carbocycles. The normalized spacial score (nSPS) is 10.8. The zero-order valence-corrected chi connectivity index (χ0v) is 11.9. The summed E-state index contributed by atoms with van der Waals surface area (Å²) in [6, 6.07) is 8.49. The number of aromatic nitrogens is 2. The smallest absolute Gasteiger partial charge is 0.182 e. The number of hydrogen-bond donors (Lipinski definition) is 1. The third-order valence-corrected chi connectivity index (χ3v) is 3.63. The van der Waals surface area contributed by atoms with E-state index in [2.05, 4.69) is 4.98 Å². The number of nitrogens with zero attached hydrogens (tertiary/aromatic N) is 2. The van der Waals surface area contributed by atoms with Crippen molar-refractivity contribution < 1.29 is 8.78 Å². The minimum absolute atomic E-state index is 0.0832. The molecule has 0 fully saturated rings. The molecule has 0 unspecified atom stereocenters. The van der Waals surface area contributed by atoms with Gasteiger partial charge < -0.3 is 4.98 Å². The van der Waals surface area contributed by atoms with Gasteiger partial charge in [-0.3, -0.25) is 4.57 Å². The molecule has 0 saturated carbocycles. The number of benzene rings is 2. The number of imidazole rings is 1. The molecule has 0 amide bonds. The van der Waals surface area contributed by atoms with Gasteiger partial charge in [0.05, 0.1) is 27.9 Å². The summed E-state index contributed by atoms with van der Waals surface area (Å²) in [6.45, 7) is 0. The Morgan fingerprint density at radius 3 is 2.71 bits per heavy atom. The molecule has 0 atom stereocenters. The first kappa shape index (κ1) is 13.7. The molecule has 0 aliphatic rings. The zero-order chi connectivity index (χ0) is 15.1. The fraction of sp³-hybridized carbons (Fsp3) is 0. The van der Waals surface area contributed by atoms with E-state index in [1.807, 2.05) is 6.07 Å². The highest BCUT2D eigenvalue weighted by Gasteiger charge is 2.14. The number of hydrogen-bond acceptors (Lipinski definition) is 2. The van der Waals surface area contributed by atoms with Crippen LogP contribution in [-0.2, 0) is 0 Å². The van der Waals surface area contributed by atoms with Crippen LogP contribution in [0.15, 0.2) is 30.3 Å². The molecule has 104 valence electrons. The Kier molecular flexibility index (Phi) is 3.24. The van der Waals surface area contributed by atoms with Gasteiger partial charge in [0.2, 0.25) is 0 Å². The largest absolute Gasteiger partial charge is 0.328 e. The van der Waals surface area contributed by atoms with Crippen LogP contribution in [0.2, 0.25) is 5.02 Å². The third-order valence-electron chi connectivity index (χ3n) is 3.03. The van der Waals surface area contributed by atoms with Crippen molar-refractivity contribution in [2.24, 2.45) is 0 Å². The Balaban J connectivity index is 2.44. The van der Waals surface area contributed by atoms with Crippen LogP contribution in [0.1, 0.15) is 5.56 Å². The minimum Gasteiger partial charge on any atom is -0.328 e. The molecule has 0 spiro atoms. The highest BCUT2D eigenvalue weighted by molar-refractivity contribution is 7.71. The lowest BCUT2D eigenvalue weighted by Gasteiger charge is -2.07. The van der Waals surface area contributed by atoms with Crippen molar-refractivity contribution in [1.82, 2.24) is 9.55 Å². The number of nitriles is 1. The molecule has 0 bridgehead atoms. The molecule has 0 aliphatic carbocycles. The molecule has 0 radical (unpaired) electrons. The van der Waals surface area contributed by atoms with Crippen molar-refractivity contribution in [3.8, 4) is 11.8 Å². The van der Waals surface area contributed by atoms with Crippen molar-refractivity contribution in [3.63, 3.8) is 0 Å². The maximum Gasteiger partial charge on any atom is 0.182 e. The number of aromatic amines is 1. The summed E-state index contributed by atoms with van der Waals surface area (Å²) in [6.07, 6.45) is 0. The maximum atomic E-state index is 13.8. The van der Waals surface area contributed by atoms with Gasteiger partial charge in [-0.05, 0) is 30.4 Å². The summed E-state index contributed by atoms with van der Waals surface area (Å²) in [5, 5.41) is 9.28. The van der Waals surface area contributed by atoms with Crippen LogP contribution in [0, 0.1) is 27.7 Å². The Bertz CT molecular complexity index is 969. The first-order valence-corrected chi connectivity index (χ1v) is 6.59. The fourth-order valence-corrected chi connectivity index (χ4v) is 2.63.